The van der Waals surface area contributed by atoms with Crippen LogP contribution in [0.25, 0.3) is 0 Å². The highest BCUT2D eigenvalue weighted by Gasteiger charge is 2.26. The van der Waals surface area contributed by atoms with E-state index in [1.54, 1.807) is 6.33 Å². The highest BCUT2D eigenvalue weighted by molar-refractivity contribution is 5.47. The Labute approximate surface area is 122 Å². The minimum atomic E-state index is -0.148. The van der Waals surface area contributed by atoms with Crippen LogP contribution in [0, 0.1) is 25.7 Å². The smallest absolute Gasteiger partial charge is 0.135 e. The van der Waals surface area contributed by atoms with E-state index in [9.17, 15) is 5.11 Å². The number of anilines is 1. The maximum Gasteiger partial charge on any atom is 0.135 e. The van der Waals surface area contributed by atoms with Crippen molar-refractivity contribution < 1.29 is 5.11 Å². The SMILES string of the molecule is Cc1ncnc(N2CCC([C@H](O)CC(C)C)CC2)c1C. The topological polar surface area (TPSA) is 49.2 Å². The molecule has 0 amide bonds. The summed E-state index contributed by atoms with van der Waals surface area (Å²) in [6, 6.07) is 0. The van der Waals surface area contributed by atoms with Gasteiger partial charge in [0.05, 0.1) is 6.10 Å². The molecule has 0 bridgehead atoms. The molecule has 1 saturated heterocycles. The lowest BCUT2D eigenvalue weighted by Gasteiger charge is -2.36. The molecule has 4 heteroatoms. The van der Waals surface area contributed by atoms with Gasteiger partial charge < -0.3 is 10.0 Å². The molecule has 2 heterocycles. The second-order valence-electron chi connectivity index (χ2n) is 6.43. The molecular weight excluding hydrogens is 250 g/mol. The standard InChI is InChI=1S/C16H27N3O/c1-11(2)9-15(20)14-5-7-19(8-6-14)16-12(3)13(4)17-10-18-16/h10-11,14-15,20H,5-9H2,1-4H3/t15-/m1/s1. The van der Waals surface area contributed by atoms with Crippen molar-refractivity contribution in [2.45, 2.75) is 53.1 Å². The van der Waals surface area contributed by atoms with Gasteiger partial charge in [0.1, 0.15) is 12.1 Å². The number of aliphatic hydroxyl groups is 1. The maximum absolute atomic E-state index is 10.3. The van der Waals surface area contributed by atoms with Crippen molar-refractivity contribution in [2.24, 2.45) is 11.8 Å². The van der Waals surface area contributed by atoms with Gasteiger partial charge in [-0.3, -0.25) is 0 Å². The van der Waals surface area contributed by atoms with Crippen molar-refractivity contribution in [1.82, 2.24) is 9.97 Å². The van der Waals surface area contributed by atoms with Gasteiger partial charge in [-0.15, -0.1) is 0 Å². The van der Waals surface area contributed by atoms with Crippen molar-refractivity contribution in [1.29, 1.82) is 0 Å². The van der Waals surface area contributed by atoms with Crippen LogP contribution < -0.4 is 4.90 Å². The molecule has 1 aromatic heterocycles. The summed E-state index contributed by atoms with van der Waals surface area (Å²) in [7, 11) is 0. The zero-order valence-corrected chi connectivity index (χ0v) is 13.1. The van der Waals surface area contributed by atoms with E-state index in [-0.39, 0.29) is 6.10 Å². The van der Waals surface area contributed by atoms with Crippen LogP contribution in [0.5, 0.6) is 0 Å². The number of aryl methyl sites for hydroxylation is 1. The van der Waals surface area contributed by atoms with Crippen molar-refractivity contribution in [3.8, 4) is 0 Å². The number of hydrogen-bond donors (Lipinski definition) is 1. The van der Waals surface area contributed by atoms with Crippen LogP contribution in [0.1, 0.15) is 44.4 Å². The largest absolute Gasteiger partial charge is 0.393 e. The number of nitrogens with zero attached hydrogens (tertiary/aromatic N) is 3. The first-order valence-electron chi connectivity index (χ1n) is 7.70. The third kappa shape index (κ3) is 3.48. The Kier molecular flexibility index (Phi) is 4.97. The van der Waals surface area contributed by atoms with Crippen molar-refractivity contribution in [3.63, 3.8) is 0 Å². The van der Waals surface area contributed by atoms with Gasteiger partial charge >= 0.3 is 0 Å². The van der Waals surface area contributed by atoms with Crippen LogP contribution in [0.15, 0.2) is 6.33 Å². The van der Waals surface area contributed by atoms with Crippen molar-refractivity contribution in [2.75, 3.05) is 18.0 Å². The van der Waals surface area contributed by atoms with E-state index in [0.29, 0.717) is 11.8 Å². The van der Waals surface area contributed by atoms with Crippen LogP contribution in [0.4, 0.5) is 5.82 Å². The van der Waals surface area contributed by atoms with Gasteiger partial charge in [0.25, 0.3) is 0 Å². The Balaban J connectivity index is 1.96. The van der Waals surface area contributed by atoms with E-state index in [1.165, 1.54) is 5.56 Å². The molecule has 1 aromatic rings. The van der Waals surface area contributed by atoms with Gasteiger partial charge in [-0.2, -0.15) is 0 Å². The molecule has 4 nitrogen and oxygen atoms in total. The summed E-state index contributed by atoms with van der Waals surface area (Å²) in [4.78, 5) is 11.0. The molecule has 1 aliphatic heterocycles. The summed E-state index contributed by atoms with van der Waals surface area (Å²) < 4.78 is 0. The van der Waals surface area contributed by atoms with Crippen LogP contribution in [0.2, 0.25) is 0 Å². The highest BCUT2D eigenvalue weighted by atomic mass is 16.3. The van der Waals surface area contributed by atoms with E-state index in [0.717, 1.165) is 43.9 Å². The Morgan fingerprint density at radius 2 is 1.90 bits per heavy atom. The molecule has 0 unspecified atom stereocenters. The summed E-state index contributed by atoms with van der Waals surface area (Å²) in [5.41, 5.74) is 2.23. The first-order chi connectivity index (χ1) is 9.49. The highest BCUT2D eigenvalue weighted by Crippen LogP contribution is 2.28. The normalized spacial score (nSPS) is 18.6. The van der Waals surface area contributed by atoms with Gasteiger partial charge in [0.2, 0.25) is 0 Å². The fourth-order valence-electron chi connectivity index (χ4n) is 3.02. The summed E-state index contributed by atoms with van der Waals surface area (Å²) >= 11 is 0. The van der Waals surface area contributed by atoms with Gasteiger partial charge in [0.15, 0.2) is 0 Å². The van der Waals surface area contributed by atoms with Gasteiger partial charge in [-0.25, -0.2) is 9.97 Å². The predicted molar refractivity (Wildman–Crippen MR) is 81.9 cm³/mol. The fourth-order valence-corrected chi connectivity index (χ4v) is 3.02. The summed E-state index contributed by atoms with van der Waals surface area (Å²) in [5, 5.41) is 10.3. The Morgan fingerprint density at radius 3 is 2.50 bits per heavy atom. The summed E-state index contributed by atoms with van der Waals surface area (Å²) in [5.74, 6) is 2.07. The van der Waals surface area contributed by atoms with E-state index >= 15 is 0 Å². The van der Waals surface area contributed by atoms with Crippen molar-refractivity contribution >= 4 is 5.82 Å². The van der Waals surface area contributed by atoms with Crippen molar-refractivity contribution in [3.05, 3.63) is 17.6 Å². The average Bonchev–Trinajstić information content (AvgIpc) is 2.41. The average molecular weight is 277 g/mol. The number of aliphatic hydroxyl groups excluding tert-OH is 1. The monoisotopic (exact) mass is 277 g/mol. The lowest BCUT2D eigenvalue weighted by atomic mass is 9.87. The molecule has 20 heavy (non-hydrogen) atoms. The van der Waals surface area contributed by atoms with Gasteiger partial charge in [-0.1, -0.05) is 13.8 Å². The molecule has 0 radical (unpaired) electrons. The minimum absolute atomic E-state index is 0.148. The molecule has 0 aliphatic carbocycles. The van der Waals surface area contributed by atoms with Crippen LogP contribution in [-0.2, 0) is 0 Å². The van der Waals surface area contributed by atoms with E-state index in [2.05, 4.69) is 35.6 Å². The fraction of sp³-hybridized carbons (Fsp3) is 0.750. The Bertz CT molecular complexity index is 439. The summed E-state index contributed by atoms with van der Waals surface area (Å²) in [6.07, 6.45) is 4.52. The molecule has 0 spiro atoms. The first kappa shape index (κ1) is 15.2. The van der Waals surface area contributed by atoms with Gasteiger partial charge in [-0.05, 0) is 44.9 Å². The van der Waals surface area contributed by atoms with E-state index in [4.69, 9.17) is 0 Å². The van der Waals surface area contributed by atoms with Crippen LogP contribution in [-0.4, -0.2) is 34.3 Å². The van der Waals surface area contributed by atoms with Gasteiger partial charge in [0, 0.05) is 24.3 Å². The Hall–Kier alpha value is -1.16. The number of rotatable bonds is 4. The first-order valence-corrected chi connectivity index (χ1v) is 7.70. The quantitative estimate of drug-likeness (QED) is 0.919. The molecular formula is C16H27N3O. The minimum Gasteiger partial charge on any atom is -0.393 e. The molecule has 1 fully saturated rings. The number of hydrogen-bond acceptors (Lipinski definition) is 4. The zero-order valence-electron chi connectivity index (χ0n) is 13.1. The van der Waals surface area contributed by atoms with E-state index in [1.807, 2.05) is 6.92 Å². The number of piperidine rings is 1. The molecule has 112 valence electrons. The Morgan fingerprint density at radius 1 is 1.25 bits per heavy atom. The third-order valence-corrected chi connectivity index (χ3v) is 4.41. The summed E-state index contributed by atoms with van der Waals surface area (Å²) in [6.45, 7) is 10.4. The molecule has 2 rings (SSSR count). The van der Waals surface area contributed by atoms with Crippen LogP contribution in [0.3, 0.4) is 0 Å². The predicted octanol–water partition coefficient (Wildman–Crippen LogP) is 2.72. The lowest BCUT2D eigenvalue weighted by molar-refractivity contribution is 0.0734. The maximum atomic E-state index is 10.3. The lowest BCUT2D eigenvalue weighted by Crippen LogP contribution is -2.39. The zero-order chi connectivity index (χ0) is 14.7. The number of aromatic nitrogens is 2. The van der Waals surface area contributed by atoms with E-state index < -0.39 is 0 Å². The third-order valence-electron chi connectivity index (χ3n) is 4.41. The second-order valence-corrected chi connectivity index (χ2v) is 6.43. The molecule has 0 saturated carbocycles. The molecule has 1 atom stereocenters. The molecule has 0 aromatic carbocycles. The second kappa shape index (κ2) is 6.53. The molecule has 1 aliphatic rings. The molecule has 1 N–H and O–H groups in total. The van der Waals surface area contributed by atoms with Crippen LogP contribution >= 0.6 is 0 Å².